The van der Waals surface area contributed by atoms with Crippen molar-refractivity contribution < 1.29 is 33.7 Å². The number of carbonyl (C=O) groups is 2. The van der Waals surface area contributed by atoms with E-state index in [9.17, 15) is 24.2 Å². The fourth-order valence-electron chi connectivity index (χ4n) is 4.34. The van der Waals surface area contributed by atoms with Crippen LogP contribution < -0.4 is 9.47 Å². The van der Waals surface area contributed by atoms with E-state index in [0.29, 0.717) is 17.0 Å². The van der Waals surface area contributed by atoms with Crippen molar-refractivity contribution in [1.82, 2.24) is 4.90 Å². The second kappa shape index (κ2) is 10.9. The third kappa shape index (κ3) is 5.24. The molecule has 0 aromatic heterocycles. The molecule has 37 heavy (non-hydrogen) atoms. The Morgan fingerprint density at radius 3 is 2.46 bits per heavy atom. The van der Waals surface area contributed by atoms with Crippen molar-refractivity contribution >= 4 is 29.1 Å². The lowest BCUT2D eigenvalue weighted by Gasteiger charge is -2.26. The van der Waals surface area contributed by atoms with Crippen molar-refractivity contribution in [2.45, 2.75) is 19.4 Å². The summed E-state index contributed by atoms with van der Waals surface area (Å²) in [6.07, 6.45) is 0.334. The summed E-state index contributed by atoms with van der Waals surface area (Å²) in [6.45, 7) is 2.14. The van der Waals surface area contributed by atoms with Gasteiger partial charge >= 0.3 is 0 Å². The van der Waals surface area contributed by atoms with Crippen molar-refractivity contribution in [3.8, 4) is 17.2 Å². The molecule has 3 aromatic carbocycles. The Hall–Kier alpha value is -4.04. The highest BCUT2D eigenvalue weighted by molar-refractivity contribution is 6.46. The first-order valence-electron chi connectivity index (χ1n) is 11.6. The molecule has 1 aliphatic rings. The number of aliphatic hydroxyl groups is 1. The number of halogens is 2. The van der Waals surface area contributed by atoms with Gasteiger partial charge < -0.3 is 24.6 Å². The van der Waals surface area contributed by atoms with Gasteiger partial charge in [-0.1, -0.05) is 29.8 Å². The molecule has 0 aliphatic carbocycles. The fraction of sp³-hybridized carbons (Fsp3) is 0.214. The Kier molecular flexibility index (Phi) is 7.69. The number of hydrogen-bond acceptors (Lipinski definition) is 6. The average molecular weight is 526 g/mol. The number of ether oxygens (including phenoxy) is 2. The number of aromatic hydroxyl groups is 1. The zero-order chi connectivity index (χ0) is 26.7. The molecule has 4 rings (SSSR count). The van der Waals surface area contributed by atoms with E-state index in [1.54, 1.807) is 37.3 Å². The molecule has 1 saturated heterocycles. The first kappa shape index (κ1) is 26.0. The van der Waals surface area contributed by atoms with Crippen LogP contribution in [0.5, 0.6) is 17.2 Å². The maximum absolute atomic E-state index is 13.4. The molecule has 3 aromatic rings. The number of carbonyl (C=O) groups excluding carboxylic acids is 2. The first-order chi connectivity index (χ1) is 17.7. The monoisotopic (exact) mass is 525 g/mol. The predicted molar refractivity (Wildman–Crippen MR) is 136 cm³/mol. The Balaban J connectivity index is 1.85. The van der Waals surface area contributed by atoms with Crippen LogP contribution >= 0.6 is 11.6 Å². The lowest BCUT2D eigenvalue weighted by Crippen LogP contribution is -2.31. The van der Waals surface area contributed by atoms with Crippen LogP contribution in [0.1, 0.15) is 29.7 Å². The number of ketones is 1. The van der Waals surface area contributed by atoms with Crippen LogP contribution in [0.15, 0.2) is 66.2 Å². The molecular weight excluding hydrogens is 501 g/mol. The number of benzene rings is 3. The first-order valence-corrected chi connectivity index (χ1v) is 12.0. The topological polar surface area (TPSA) is 96.3 Å². The molecule has 1 amide bonds. The molecule has 7 nitrogen and oxygen atoms in total. The molecule has 1 atom stereocenters. The zero-order valence-electron chi connectivity index (χ0n) is 20.2. The SMILES string of the molecule is CCOc1cc(C2/C(=C(\O)c3cc(Cl)ccc3OC)C(=O)C(=O)N2CCc2ccc(F)cc2)ccc1O. The number of phenols is 1. The minimum atomic E-state index is -0.996. The predicted octanol–water partition coefficient (Wildman–Crippen LogP) is 5.26. The van der Waals surface area contributed by atoms with Gasteiger partial charge in [-0.05, 0) is 66.9 Å². The number of Topliss-reactive ketones (excluding diaryl/α,β-unsaturated/α-hetero) is 1. The summed E-state index contributed by atoms with van der Waals surface area (Å²) in [5.41, 5.74) is 1.21. The second-order valence-corrected chi connectivity index (χ2v) is 8.81. The molecule has 0 saturated carbocycles. The number of aliphatic hydroxyl groups excluding tert-OH is 1. The van der Waals surface area contributed by atoms with Gasteiger partial charge in [0.2, 0.25) is 0 Å². The highest BCUT2D eigenvalue weighted by Crippen LogP contribution is 2.43. The van der Waals surface area contributed by atoms with Gasteiger partial charge in [-0.3, -0.25) is 9.59 Å². The molecular formula is C28H25ClFNO6. The fourth-order valence-corrected chi connectivity index (χ4v) is 4.51. The van der Waals surface area contributed by atoms with Crippen LogP contribution in [0.4, 0.5) is 4.39 Å². The number of phenolic OH excluding ortho intramolecular Hbond substituents is 1. The number of rotatable bonds is 8. The van der Waals surface area contributed by atoms with Gasteiger partial charge in [-0.2, -0.15) is 0 Å². The lowest BCUT2D eigenvalue weighted by atomic mass is 9.94. The molecule has 1 unspecified atom stereocenters. The summed E-state index contributed by atoms with van der Waals surface area (Å²) in [6, 6.07) is 13.9. The number of likely N-dealkylation sites (tertiary alicyclic amines) is 1. The van der Waals surface area contributed by atoms with Crippen LogP contribution in [0.25, 0.3) is 5.76 Å². The van der Waals surface area contributed by atoms with E-state index in [-0.39, 0.29) is 47.4 Å². The van der Waals surface area contributed by atoms with Gasteiger partial charge in [0.05, 0.1) is 30.9 Å². The van der Waals surface area contributed by atoms with Crippen LogP contribution in [0, 0.1) is 5.82 Å². The van der Waals surface area contributed by atoms with Crippen LogP contribution in [-0.4, -0.2) is 47.1 Å². The number of amides is 1. The van der Waals surface area contributed by atoms with E-state index in [1.165, 1.54) is 42.3 Å². The number of nitrogens with zero attached hydrogens (tertiary/aromatic N) is 1. The molecule has 9 heteroatoms. The minimum Gasteiger partial charge on any atom is -0.507 e. The van der Waals surface area contributed by atoms with E-state index in [0.717, 1.165) is 5.56 Å². The maximum Gasteiger partial charge on any atom is 0.295 e. The van der Waals surface area contributed by atoms with Gasteiger partial charge in [-0.25, -0.2) is 4.39 Å². The summed E-state index contributed by atoms with van der Waals surface area (Å²) in [7, 11) is 1.41. The number of methoxy groups -OCH3 is 1. The van der Waals surface area contributed by atoms with Crippen molar-refractivity contribution in [2.75, 3.05) is 20.3 Å². The Bertz CT molecular complexity index is 1370. The molecule has 1 heterocycles. The van der Waals surface area contributed by atoms with Crippen LogP contribution in [0.3, 0.4) is 0 Å². The molecule has 2 N–H and O–H groups in total. The lowest BCUT2D eigenvalue weighted by molar-refractivity contribution is -0.139. The smallest absolute Gasteiger partial charge is 0.295 e. The van der Waals surface area contributed by atoms with Gasteiger partial charge in [0, 0.05) is 11.6 Å². The largest absolute Gasteiger partial charge is 0.507 e. The Labute approximate surface area is 218 Å². The van der Waals surface area contributed by atoms with E-state index in [1.807, 2.05) is 0 Å². The maximum atomic E-state index is 13.4. The van der Waals surface area contributed by atoms with Crippen molar-refractivity contribution in [1.29, 1.82) is 0 Å². The minimum absolute atomic E-state index is 0.106. The highest BCUT2D eigenvalue weighted by atomic mass is 35.5. The summed E-state index contributed by atoms with van der Waals surface area (Å²) >= 11 is 6.15. The zero-order valence-corrected chi connectivity index (χ0v) is 21.0. The van der Waals surface area contributed by atoms with E-state index in [2.05, 4.69) is 0 Å². The van der Waals surface area contributed by atoms with Gasteiger partial charge in [0.25, 0.3) is 11.7 Å². The summed E-state index contributed by atoms with van der Waals surface area (Å²) < 4.78 is 24.2. The molecule has 192 valence electrons. The molecule has 0 spiro atoms. The molecule has 1 fully saturated rings. The van der Waals surface area contributed by atoms with Gasteiger partial charge in [0.15, 0.2) is 11.5 Å². The van der Waals surface area contributed by atoms with E-state index < -0.39 is 23.5 Å². The van der Waals surface area contributed by atoms with Gasteiger partial charge in [0.1, 0.15) is 17.3 Å². The quantitative estimate of drug-likeness (QED) is 0.237. The highest BCUT2D eigenvalue weighted by Gasteiger charge is 2.46. The Morgan fingerprint density at radius 2 is 1.78 bits per heavy atom. The standard InChI is InChI=1S/C28H25ClFNO6/c1-3-37-23-14-17(6-10-21(23)32)25-24(26(33)20-15-18(29)7-11-22(20)36-2)27(34)28(35)31(25)13-12-16-4-8-19(30)9-5-16/h4-11,14-15,25,32-33H,3,12-13H2,1-2H3/b26-24+. The van der Waals surface area contributed by atoms with Crippen molar-refractivity contribution in [3.05, 3.63) is 93.8 Å². The van der Waals surface area contributed by atoms with Crippen molar-refractivity contribution in [2.24, 2.45) is 0 Å². The van der Waals surface area contributed by atoms with Crippen LogP contribution in [0.2, 0.25) is 5.02 Å². The third-order valence-corrected chi connectivity index (χ3v) is 6.35. The Morgan fingerprint density at radius 1 is 1.05 bits per heavy atom. The van der Waals surface area contributed by atoms with E-state index in [4.69, 9.17) is 21.1 Å². The summed E-state index contributed by atoms with van der Waals surface area (Å²) in [4.78, 5) is 27.9. The van der Waals surface area contributed by atoms with Gasteiger partial charge in [-0.15, -0.1) is 0 Å². The molecule has 1 aliphatic heterocycles. The van der Waals surface area contributed by atoms with Crippen molar-refractivity contribution in [3.63, 3.8) is 0 Å². The van der Waals surface area contributed by atoms with Crippen LogP contribution in [-0.2, 0) is 16.0 Å². The van der Waals surface area contributed by atoms with E-state index >= 15 is 0 Å². The molecule has 0 radical (unpaired) electrons. The summed E-state index contributed by atoms with van der Waals surface area (Å²) in [5.74, 6) is -2.19. The molecule has 0 bridgehead atoms. The normalized spacial score (nSPS) is 16.8. The summed E-state index contributed by atoms with van der Waals surface area (Å²) in [5, 5.41) is 21.9. The third-order valence-electron chi connectivity index (χ3n) is 6.11. The second-order valence-electron chi connectivity index (χ2n) is 8.37. The number of hydrogen-bond donors (Lipinski definition) is 2. The average Bonchev–Trinajstić information content (AvgIpc) is 3.14.